The number of benzene rings is 3. The molecule has 3 aromatic rings. The van der Waals surface area contributed by atoms with E-state index in [2.05, 4.69) is 0 Å². The standard InChI is InChI=1S/C27H24F3NO3S/c1-18-8-12-20(13-9-18)25-16-24(27(28,29)30)23(26(32)21-6-4-3-5-7-21)17-31(25)35(33,34)22-14-10-19(2)11-15-22/h3-16,23-24H,17H2,1-2H3/t23-,24-/m0/s1. The molecular weight excluding hydrogens is 475 g/mol. The van der Waals surface area contributed by atoms with E-state index in [1.54, 1.807) is 61.5 Å². The molecule has 0 radical (unpaired) electrons. The van der Waals surface area contributed by atoms with Crippen LogP contribution in [0, 0.1) is 25.7 Å². The van der Waals surface area contributed by atoms with Crippen molar-refractivity contribution in [2.45, 2.75) is 24.9 Å². The van der Waals surface area contributed by atoms with Crippen LogP contribution in [-0.4, -0.2) is 31.2 Å². The number of hydrogen-bond acceptors (Lipinski definition) is 3. The quantitative estimate of drug-likeness (QED) is 0.403. The third-order valence-corrected chi connectivity index (χ3v) is 7.93. The Hall–Kier alpha value is -3.39. The molecule has 182 valence electrons. The summed E-state index contributed by atoms with van der Waals surface area (Å²) in [6, 6.07) is 20.3. The molecule has 0 aromatic heterocycles. The maximum absolute atomic E-state index is 14.2. The van der Waals surface area contributed by atoms with Gasteiger partial charge in [-0.1, -0.05) is 77.9 Å². The van der Waals surface area contributed by atoms with Gasteiger partial charge in [0.1, 0.15) is 0 Å². The van der Waals surface area contributed by atoms with Crippen LogP contribution in [0.4, 0.5) is 13.2 Å². The molecule has 0 bridgehead atoms. The number of carbonyl (C=O) groups is 1. The van der Waals surface area contributed by atoms with Crippen molar-refractivity contribution in [3.63, 3.8) is 0 Å². The van der Waals surface area contributed by atoms with Crippen LogP contribution in [0.1, 0.15) is 27.0 Å². The van der Waals surface area contributed by atoms with Gasteiger partial charge in [0.15, 0.2) is 5.78 Å². The number of alkyl halides is 3. The van der Waals surface area contributed by atoms with Crippen LogP contribution in [0.2, 0.25) is 0 Å². The average Bonchev–Trinajstić information content (AvgIpc) is 2.83. The summed E-state index contributed by atoms with van der Waals surface area (Å²) in [5.74, 6) is -4.53. The molecule has 35 heavy (non-hydrogen) atoms. The Morgan fingerprint density at radius 3 is 1.94 bits per heavy atom. The van der Waals surface area contributed by atoms with Crippen LogP contribution in [0.25, 0.3) is 5.70 Å². The minimum Gasteiger partial charge on any atom is -0.294 e. The summed E-state index contributed by atoms with van der Waals surface area (Å²) in [7, 11) is -4.26. The summed E-state index contributed by atoms with van der Waals surface area (Å²) in [4.78, 5) is 13.2. The highest BCUT2D eigenvalue weighted by atomic mass is 32.2. The van der Waals surface area contributed by atoms with Crippen molar-refractivity contribution < 1.29 is 26.4 Å². The summed E-state index contributed by atoms with van der Waals surface area (Å²) in [6.07, 6.45) is -3.86. The first kappa shape index (κ1) is 24.7. The number of carbonyl (C=O) groups excluding carboxylic acids is 1. The Morgan fingerprint density at radius 1 is 0.857 bits per heavy atom. The van der Waals surface area contributed by atoms with Gasteiger partial charge < -0.3 is 0 Å². The SMILES string of the molecule is Cc1ccc(C2=C[C@H](C(F)(F)F)[C@@H](C(=O)c3ccccc3)CN2S(=O)(=O)c2ccc(C)cc2)cc1. The van der Waals surface area contributed by atoms with Gasteiger partial charge in [-0.3, -0.25) is 9.10 Å². The number of sulfonamides is 1. The van der Waals surface area contributed by atoms with Gasteiger partial charge in [0.2, 0.25) is 0 Å². The zero-order valence-electron chi connectivity index (χ0n) is 19.2. The maximum Gasteiger partial charge on any atom is 0.396 e. The van der Waals surface area contributed by atoms with Crippen LogP contribution in [0.3, 0.4) is 0 Å². The second kappa shape index (κ2) is 9.34. The van der Waals surface area contributed by atoms with Gasteiger partial charge in [-0.15, -0.1) is 0 Å². The number of nitrogens with zero attached hydrogens (tertiary/aromatic N) is 1. The maximum atomic E-state index is 14.2. The first-order chi connectivity index (χ1) is 16.5. The van der Waals surface area contributed by atoms with Gasteiger partial charge >= 0.3 is 6.18 Å². The van der Waals surface area contributed by atoms with Crippen molar-refractivity contribution in [3.05, 3.63) is 107 Å². The molecule has 0 unspecified atom stereocenters. The molecule has 0 aliphatic carbocycles. The number of hydrogen-bond donors (Lipinski definition) is 0. The molecular formula is C27H24F3NO3S. The van der Waals surface area contributed by atoms with Crippen LogP contribution < -0.4 is 0 Å². The number of rotatable bonds is 5. The van der Waals surface area contributed by atoms with Gasteiger partial charge in [0.25, 0.3) is 10.0 Å². The minimum absolute atomic E-state index is 0.0579. The molecule has 4 nitrogen and oxygen atoms in total. The van der Waals surface area contributed by atoms with Gasteiger partial charge in [-0.25, -0.2) is 8.42 Å². The van der Waals surface area contributed by atoms with Gasteiger partial charge in [-0.05, 0) is 37.6 Å². The van der Waals surface area contributed by atoms with Crippen molar-refractivity contribution in [2.75, 3.05) is 6.54 Å². The molecule has 3 aromatic carbocycles. The van der Waals surface area contributed by atoms with Crippen LogP contribution in [0.15, 0.2) is 89.8 Å². The highest BCUT2D eigenvalue weighted by Gasteiger charge is 2.51. The Bertz CT molecular complexity index is 1350. The van der Waals surface area contributed by atoms with E-state index in [9.17, 15) is 26.4 Å². The zero-order valence-corrected chi connectivity index (χ0v) is 20.0. The molecule has 4 rings (SSSR count). The number of halogens is 3. The lowest BCUT2D eigenvalue weighted by atomic mass is 9.81. The van der Waals surface area contributed by atoms with Crippen molar-refractivity contribution in [1.82, 2.24) is 4.31 Å². The molecule has 0 saturated carbocycles. The molecule has 0 fully saturated rings. The Balaban J connectivity index is 1.90. The van der Waals surface area contributed by atoms with E-state index in [1.165, 1.54) is 24.3 Å². The predicted octanol–water partition coefficient (Wildman–Crippen LogP) is 6.03. The van der Waals surface area contributed by atoms with E-state index in [4.69, 9.17) is 0 Å². The Morgan fingerprint density at radius 2 is 1.40 bits per heavy atom. The molecule has 0 N–H and O–H groups in total. The summed E-state index contributed by atoms with van der Waals surface area (Å²) in [5.41, 5.74) is 2.05. The summed E-state index contributed by atoms with van der Waals surface area (Å²) < 4.78 is 71.1. The summed E-state index contributed by atoms with van der Waals surface area (Å²) >= 11 is 0. The molecule has 1 aliphatic rings. The highest BCUT2D eigenvalue weighted by Crippen LogP contribution is 2.43. The molecule has 0 saturated heterocycles. The van der Waals surface area contributed by atoms with Crippen molar-refractivity contribution in [1.29, 1.82) is 0 Å². The van der Waals surface area contributed by atoms with Gasteiger partial charge in [-0.2, -0.15) is 13.2 Å². The van der Waals surface area contributed by atoms with E-state index < -0.39 is 40.4 Å². The Labute approximate surface area is 202 Å². The van der Waals surface area contributed by atoms with Crippen molar-refractivity contribution >= 4 is 21.5 Å². The van der Waals surface area contributed by atoms with Crippen LogP contribution in [0.5, 0.6) is 0 Å². The monoisotopic (exact) mass is 499 g/mol. The number of Topliss-reactive ketones (excluding diaryl/α,β-unsaturated/α-hetero) is 1. The average molecular weight is 500 g/mol. The fourth-order valence-corrected chi connectivity index (χ4v) is 5.69. The predicted molar refractivity (Wildman–Crippen MR) is 128 cm³/mol. The summed E-state index contributed by atoms with van der Waals surface area (Å²) in [5, 5.41) is 0. The molecule has 1 aliphatic heterocycles. The first-order valence-corrected chi connectivity index (χ1v) is 12.5. The molecule has 0 spiro atoms. The normalized spacial score (nSPS) is 18.8. The van der Waals surface area contributed by atoms with Gasteiger partial charge in [0, 0.05) is 12.1 Å². The lowest BCUT2D eigenvalue weighted by Crippen LogP contribution is -2.47. The third kappa shape index (κ3) is 5.03. The van der Waals surface area contributed by atoms with E-state index in [-0.39, 0.29) is 16.2 Å². The minimum atomic E-state index is -4.75. The Kier molecular flexibility index (Phi) is 6.60. The van der Waals surface area contributed by atoms with Gasteiger partial charge in [0.05, 0.1) is 22.4 Å². The number of aryl methyl sites for hydroxylation is 2. The third-order valence-electron chi connectivity index (χ3n) is 6.13. The second-order valence-electron chi connectivity index (χ2n) is 8.67. The lowest BCUT2D eigenvalue weighted by molar-refractivity contribution is -0.171. The van der Waals surface area contributed by atoms with Crippen molar-refractivity contribution in [2.24, 2.45) is 11.8 Å². The number of allylic oxidation sites excluding steroid dienone is 1. The van der Waals surface area contributed by atoms with E-state index in [1.807, 2.05) is 6.92 Å². The van der Waals surface area contributed by atoms with Crippen molar-refractivity contribution in [3.8, 4) is 0 Å². The number of ketones is 1. The van der Waals surface area contributed by atoms with E-state index in [0.717, 1.165) is 21.5 Å². The highest BCUT2D eigenvalue weighted by molar-refractivity contribution is 7.89. The zero-order chi connectivity index (χ0) is 25.4. The summed E-state index contributed by atoms with van der Waals surface area (Å²) in [6.45, 7) is 3.00. The first-order valence-electron chi connectivity index (χ1n) is 11.0. The van der Waals surface area contributed by atoms with Crippen LogP contribution in [-0.2, 0) is 10.0 Å². The molecule has 2 atom stereocenters. The molecule has 8 heteroatoms. The lowest BCUT2D eigenvalue weighted by Gasteiger charge is -2.38. The second-order valence-corrected chi connectivity index (χ2v) is 10.5. The molecule has 0 amide bonds. The largest absolute Gasteiger partial charge is 0.396 e. The smallest absolute Gasteiger partial charge is 0.294 e. The van der Waals surface area contributed by atoms with E-state index in [0.29, 0.717) is 5.56 Å². The fraction of sp³-hybridized carbons (Fsp3) is 0.222. The van der Waals surface area contributed by atoms with E-state index >= 15 is 0 Å². The molecule has 1 heterocycles. The fourth-order valence-electron chi connectivity index (χ4n) is 4.17. The van der Waals surface area contributed by atoms with Crippen LogP contribution >= 0.6 is 0 Å². The topological polar surface area (TPSA) is 54.5 Å².